The zero-order valence-electron chi connectivity index (χ0n) is 16.9. The Morgan fingerprint density at radius 2 is 1.93 bits per heavy atom. The van der Waals surface area contributed by atoms with Crippen molar-refractivity contribution in [2.45, 2.75) is 37.2 Å². The van der Waals surface area contributed by atoms with Crippen molar-refractivity contribution >= 4 is 11.8 Å². The van der Waals surface area contributed by atoms with Crippen LogP contribution in [0.25, 0.3) is 0 Å². The Labute approximate surface area is 170 Å². The van der Waals surface area contributed by atoms with Gasteiger partial charge in [-0.2, -0.15) is 10.2 Å². The molecule has 0 aliphatic carbocycles. The molecule has 0 saturated carbocycles. The minimum Gasteiger partial charge on any atom is -0.487 e. The average Bonchev–Trinajstić information content (AvgIpc) is 2.74. The van der Waals surface area contributed by atoms with Crippen LogP contribution in [0.15, 0.2) is 42.7 Å². The van der Waals surface area contributed by atoms with Gasteiger partial charge in [0.15, 0.2) is 0 Å². The van der Waals surface area contributed by atoms with Crippen molar-refractivity contribution in [1.82, 2.24) is 20.0 Å². The van der Waals surface area contributed by atoms with Crippen LogP contribution in [0.5, 0.6) is 5.75 Å². The van der Waals surface area contributed by atoms with E-state index in [1.165, 1.54) is 12.4 Å². The fourth-order valence-corrected chi connectivity index (χ4v) is 4.34. The maximum atomic E-state index is 12.7. The number of fused-ring (bicyclic) bond motifs is 1. The summed E-state index contributed by atoms with van der Waals surface area (Å²) in [5.74, 6) is 1.10. The molecule has 2 aliphatic rings. The monoisotopic (exact) mass is 394 g/mol. The summed E-state index contributed by atoms with van der Waals surface area (Å²) in [7, 11) is 3.59. The molecule has 2 amide bonds. The quantitative estimate of drug-likeness (QED) is 0.800. The predicted molar refractivity (Wildman–Crippen MR) is 108 cm³/mol. The topological polar surface area (TPSA) is 75.6 Å². The summed E-state index contributed by atoms with van der Waals surface area (Å²) in [6.07, 6.45) is 5.80. The Hall–Kier alpha value is -2.96. The molecule has 2 aromatic rings. The summed E-state index contributed by atoms with van der Waals surface area (Å²) in [5, 5.41) is 7.54. The third kappa shape index (κ3) is 3.95. The van der Waals surface area contributed by atoms with Crippen LogP contribution < -0.4 is 4.74 Å². The van der Waals surface area contributed by atoms with Crippen molar-refractivity contribution in [3.63, 3.8) is 0 Å². The summed E-state index contributed by atoms with van der Waals surface area (Å²) in [6.45, 7) is 1.25. The molecule has 7 nitrogen and oxygen atoms in total. The summed E-state index contributed by atoms with van der Waals surface area (Å²) in [5.41, 5.74) is 1.33. The average molecular weight is 394 g/mol. The van der Waals surface area contributed by atoms with Crippen LogP contribution in [0.2, 0.25) is 0 Å². The number of para-hydroxylation sites is 1. The highest BCUT2D eigenvalue weighted by molar-refractivity contribution is 5.93. The number of amides is 2. The van der Waals surface area contributed by atoms with Crippen LogP contribution in [0.4, 0.5) is 0 Å². The SMILES string of the molecule is CN(C)C(=O)C[C@H]1CC2(CCN(C(=O)c3ccnnc3)CC2)Oc2ccccc21. The van der Waals surface area contributed by atoms with Crippen molar-refractivity contribution in [2.75, 3.05) is 27.2 Å². The van der Waals surface area contributed by atoms with Crippen LogP contribution in [0, 0.1) is 0 Å². The number of ether oxygens (including phenoxy) is 1. The van der Waals surface area contributed by atoms with Crippen molar-refractivity contribution in [2.24, 2.45) is 0 Å². The Kier molecular flexibility index (Phi) is 5.22. The molecule has 1 aromatic carbocycles. The lowest BCUT2D eigenvalue weighted by Crippen LogP contribution is -2.52. The third-order valence-electron chi connectivity index (χ3n) is 6.02. The van der Waals surface area contributed by atoms with Crippen molar-refractivity contribution in [3.05, 3.63) is 53.9 Å². The van der Waals surface area contributed by atoms with E-state index in [9.17, 15) is 9.59 Å². The van der Waals surface area contributed by atoms with Gasteiger partial charge in [0.1, 0.15) is 11.4 Å². The van der Waals surface area contributed by atoms with E-state index in [0.29, 0.717) is 25.1 Å². The number of hydrogen-bond donors (Lipinski definition) is 0. The summed E-state index contributed by atoms with van der Waals surface area (Å²) >= 11 is 0. The van der Waals surface area contributed by atoms with E-state index < -0.39 is 0 Å². The minimum absolute atomic E-state index is 0.0229. The van der Waals surface area contributed by atoms with E-state index in [1.807, 2.05) is 23.1 Å². The van der Waals surface area contributed by atoms with Gasteiger partial charge in [-0.25, -0.2) is 0 Å². The summed E-state index contributed by atoms with van der Waals surface area (Å²) < 4.78 is 6.48. The standard InChI is InChI=1S/C22H26N4O3/c1-25(2)20(27)13-17-14-22(29-19-6-4-3-5-18(17)19)8-11-26(12-9-22)21(28)16-7-10-23-24-15-16/h3-7,10,15,17H,8-9,11-14H2,1-2H3/t17-/m0/s1. The molecule has 1 fully saturated rings. The fraction of sp³-hybridized carbons (Fsp3) is 0.455. The molecule has 29 heavy (non-hydrogen) atoms. The van der Waals surface area contributed by atoms with Gasteiger partial charge in [0.25, 0.3) is 5.91 Å². The van der Waals surface area contributed by atoms with Gasteiger partial charge in [0.2, 0.25) is 5.91 Å². The molecule has 7 heteroatoms. The number of carbonyl (C=O) groups excluding carboxylic acids is 2. The maximum absolute atomic E-state index is 12.7. The second-order valence-corrected chi connectivity index (χ2v) is 8.14. The van der Waals surface area contributed by atoms with Gasteiger partial charge >= 0.3 is 0 Å². The number of hydrogen-bond acceptors (Lipinski definition) is 5. The summed E-state index contributed by atoms with van der Waals surface area (Å²) in [6, 6.07) is 9.71. The molecule has 1 spiro atoms. The number of carbonyl (C=O) groups is 2. The van der Waals surface area contributed by atoms with Crippen LogP contribution in [-0.4, -0.2) is 64.6 Å². The van der Waals surface area contributed by atoms with E-state index in [0.717, 1.165) is 30.6 Å². The summed E-state index contributed by atoms with van der Waals surface area (Å²) in [4.78, 5) is 28.6. The molecular formula is C22H26N4O3. The van der Waals surface area contributed by atoms with E-state index >= 15 is 0 Å². The van der Waals surface area contributed by atoms with Gasteiger partial charge in [0, 0.05) is 52.4 Å². The molecule has 4 rings (SSSR count). The first-order valence-corrected chi connectivity index (χ1v) is 10.0. The molecule has 2 aliphatic heterocycles. The lowest BCUT2D eigenvalue weighted by Gasteiger charge is -2.47. The zero-order chi connectivity index (χ0) is 20.4. The number of piperidine rings is 1. The Bertz CT molecular complexity index is 892. The first-order valence-electron chi connectivity index (χ1n) is 10.0. The second kappa shape index (κ2) is 7.81. The van der Waals surface area contributed by atoms with Crippen LogP contribution in [0.1, 0.15) is 47.5 Å². The van der Waals surface area contributed by atoms with Crippen LogP contribution in [0.3, 0.4) is 0 Å². The predicted octanol–water partition coefficient (Wildman–Crippen LogP) is 2.50. The normalized spacial score (nSPS) is 19.9. The molecule has 0 N–H and O–H groups in total. The van der Waals surface area contributed by atoms with Gasteiger partial charge in [-0.05, 0) is 24.1 Å². The molecule has 1 saturated heterocycles. The third-order valence-corrected chi connectivity index (χ3v) is 6.02. The molecule has 0 bridgehead atoms. The molecule has 0 unspecified atom stereocenters. The number of rotatable bonds is 3. The van der Waals surface area contributed by atoms with E-state index in [1.54, 1.807) is 25.1 Å². The smallest absolute Gasteiger partial charge is 0.255 e. The molecule has 1 aromatic heterocycles. The lowest BCUT2D eigenvalue weighted by atomic mass is 9.76. The Balaban J connectivity index is 1.50. The van der Waals surface area contributed by atoms with Crippen LogP contribution in [-0.2, 0) is 4.79 Å². The van der Waals surface area contributed by atoms with E-state index in [2.05, 4.69) is 16.3 Å². The Morgan fingerprint density at radius 1 is 1.17 bits per heavy atom. The van der Waals surface area contributed by atoms with E-state index in [-0.39, 0.29) is 23.3 Å². The van der Waals surface area contributed by atoms with Gasteiger partial charge in [-0.15, -0.1) is 0 Å². The number of likely N-dealkylation sites (tertiary alicyclic amines) is 1. The maximum Gasteiger partial charge on any atom is 0.255 e. The van der Waals surface area contributed by atoms with Gasteiger partial charge < -0.3 is 14.5 Å². The largest absolute Gasteiger partial charge is 0.487 e. The van der Waals surface area contributed by atoms with Gasteiger partial charge in [-0.3, -0.25) is 9.59 Å². The van der Waals surface area contributed by atoms with Gasteiger partial charge in [0.05, 0.1) is 18.0 Å². The van der Waals surface area contributed by atoms with Crippen molar-refractivity contribution < 1.29 is 14.3 Å². The molecule has 1 atom stereocenters. The molecular weight excluding hydrogens is 368 g/mol. The van der Waals surface area contributed by atoms with Crippen molar-refractivity contribution in [3.8, 4) is 5.75 Å². The van der Waals surface area contributed by atoms with Crippen molar-refractivity contribution in [1.29, 1.82) is 0 Å². The molecule has 0 radical (unpaired) electrons. The highest BCUT2D eigenvalue weighted by atomic mass is 16.5. The zero-order valence-corrected chi connectivity index (χ0v) is 16.9. The van der Waals surface area contributed by atoms with Gasteiger partial charge in [-0.1, -0.05) is 18.2 Å². The minimum atomic E-state index is -0.334. The van der Waals surface area contributed by atoms with Crippen LogP contribution >= 0.6 is 0 Å². The fourth-order valence-electron chi connectivity index (χ4n) is 4.34. The second-order valence-electron chi connectivity index (χ2n) is 8.14. The Morgan fingerprint density at radius 3 is 2.62 bits per heavy atom. The highest BCUT2D eigenvalue weighted by Crippen LogP contribution is 2.46. The lowest BCUT2D eigenvalue weighted by molar-refractivity contribution is -0.129. The molecule has 3 heterocycles. The first-order chi connectivity index (χ1) is 14.0. The molecule has 152 valence electrons. The first kappa shape index (κ1) is 19.4. The number of nitrogens with zero attached hydrogens (tertiary/aromatic N) is 4. The van der Waals surface area contributed by atoms with E-state index in [4.69, 9.17) is 4.74 Å². The number of aromatic nitrogens is 2. The highest BCUT2D eigenvalue weighted by Gasteiger charge is 2.44. The number of benzene rings is 1.